The molecule has 1 heteroatoms. The van der Waals surface area contributed by atoms with Gasteiger partial charge in [0.25, 0.3) is 0 Å². The fraction of sp³-hybridized carbons (Fsp3) is 0.280. The summed E-state index contributed by atoms with van der Waals surface area (Å²) in [5.74, 6) is 1.89. The molecule has 0 amide bonds. The van der Waals surface area contributed by atoms with Crippen LogP contribution in [0.2, 0.25) is 0 Å². The van der Waals surface area contributed by atoms with Crippen LogP contribution >= 0.6 is 0 Å². The van der Waals surface area contributed by atoms with E-state index >= 15 is 0 Å². The summed E-state index contributed by atoms with van der Waals surface area (Å²) in [4.78, 5) is 2.51. The first kappa shape index (κ1) is 15.8. The van der Waals surface area contributed by atoms with Crippen molar-refractivity contribution in [2.24, 2.45) is 5.92 Å². The summed E-state index contributed by atoms with van der Waals surface area (Å²) >= 11 is 0. The van der Waals surface area contributed by atoms with Crippen molar-refractivity contribution in [3.8, 4) is 0 Å². The maximum atomic E-state index is 2.51. The Bertz CT molecular complexity index is 903. The monoisotopic (exact) mass is 339 g/mol. The predicted octanol–water partition coefficient (Wildman–Crippen LogP) is 5.22. The van der Waals surface area contributed by atoms with Crippen molar-refractivity contribution in [1.82, 2.24) is 4.90 Å². The summed E-state index contributed by atoms with van der Waals surface area (Å²) in [6.07, 6.45) is 1.19. The first-order valence-electron chi connectivity index (χ1n) is 9.70. The summed E-state index contributed by atoms with van der Waals surface area (Å²) < 4.78 is 0. The Morgan fingerprint density at radius 3 is 2.23 bits per heavy atom. The highest BCUT2D eigenvalue weighted by atomic mass is 15.1. The van der Waals surface area contributed by atoms with Crippen molar-refractivity contribution >= 4 is 0 Å². The van der Waals surface area contributed by atoms with E-state index in [1.54, 1.807) is 22.3 Å². The largest absolute Gasteiger partial charge is 0.302 e. The van der Waals surface area contributed by atoms with E-state index in [0.717, 1.165) is 13.1 Å². The highest BCUT2D eigenvalue weighted by Gasteiger charge is 2.45. The Hall–Kier alpha value is -2.38. The molecule has 0 N–H and O–H groups in total. The molecule has 0 radical (unpaired) electrons. The highest BCUT2D eigenvalue weighted by molar-refractivity contribution is 5.52. The molecule has 0 aromatic heterocycles. The Labute approximate surface area is 156 Å². The number of hydrogen-bond acceptors (Lipinski definition) is 1. The summed E-state index contributed by atoms with van der Waals surface area (Å²) in [6.45, 7) is 2.17. The molecule has 0 heterocycles. The SMILES string of the molecule is CN(Cc1ccccc1)CC1C2Cc3ccccc3C1c1ccccc12. The van der Waals surface area contributed by atoms with Crippen LogP contribution in [0.25, 0.3) is 0 Å². The molecule has 0 saturated carbocycles. The van der Waals surface area contributed by atoms with E-state index in [9.17, 15) is 0 Å². The summed E-state index contributed by atoms with van der Waals surface area (Å²) in [5, 5.41) is 0. The van der Waals surface area contributed by atoms with Crippen LogP contribution in [0.4, 0.5) is 0 Å². The quantitative estimate of drug-likeness (QED) is 0.630. The smallest absolute Gasteiger partial charge is 0.0230 e. The molecule has 1 nitrogen and oxygen atoms in total. The average molecular weight is 339 g/mol. The standard InChI is InChI=1S/C25H25N/c1-26(16-18-9-3-2-4-10-18)17-24-23-15-19-11-5-6-12-20(19)25(24)22-14-8-7-13-21(22)23/h2-14,23-25H,15-17H2,1H3. The van der Waals surface area contributed by atoms with Crippen molar-refractivity contribution in [2.75, 3.05) is 13.6 Å². The third-order valence-electron chi connectivity index (χ3n) is 6.32. The third kappa shape index (κ3) is 2.59. The zero-order valence-corrected chi connectivity index (χ0v) is 15.3. The van der Waals surface area contributed by atoms with Crippen LogP contribution in [0.1, 0.15) is 39.7 Å². The molecule has 2 aliphatic carbocycles. The molecule has 0 fully saturated rings. The van der Waals surface area contributed by atoms with Gasteiger partial charge in [-0.3, -0.25) is 0 Å². The van der Waals surface area contributed by atoms with Crippen LogP contribution < -0.4 is 0 Å². The fourth-order valence-electron chi connectivity index (χ4n) is 5.30. The van der Waals surface area contributed by atoms with Gasteiger partial charge in [0, 0.05) is 19.0 Å². The maximum Gasteiger partial charge on any atom is 0.0230 e. The van der Waals surface area contributed by atoms with Gasteiger partial charge >= 0.3 is 0 Å². The Kier molecular flexibility index (Phi) is 3.90. The summed E-state index contributed by atoms with van der Waals surface area (Å²) in [6, 6.07) is 29.1. The van der Waals surface area contributed by atoms with Gasteiger partial charge in [0.1, 0.15) is 0 Å². The Morgan fingerprint density at radius 2 is 1.42 bits per heavy atom. The van der Waals surface area contributed by atoms with E-state index in [-0.39, 0.29) is 0 Å². The lowest BCUT2D eigenvalue weighted by atomic mass is 9.73. The molecular formula is C25H25N. The maximum absolute atomic E-state index is 2.51. The average Bonchev–Trinajstić information content (AvgIpc) is 2.88. The molecule has 3 aromatic carbocycles. The molecule has 0 aliphatic heterocycles. The van der Waals surface area contributed by atoms with Gasteiger partial charge in [0.15, 0.2) is 0 Å². The molecule has 0 spiro atoms. The van der Waals surface area contributed by atoms with Crippen LogP contribution in [0, 0.1) is 5.92 Å². The number of hydrogen-bond donors (Lipinski definition) is 0. The zero-order valence-electron chi connectivity index (χ0n) is 15.3. The Balaban J connectivity index is 1.47. The topological polar surface area (TPSA) is 3.24 Å². The fourth-order valence-corrected chi connectivity index (χ4v) is 5.30. The van der Waals surface area contributed by atoms with Crippen LogP contribution in [-0.4, -0.2) is 18.5 Å². The zero-order chi connectivity index (χ0) is 17.5. The molecule has 2 bridgehead atoms. The molecule has 130 valence electrons. The summed E-state index contributed by atoms with van der Waals surface area (Å²) in [5.41, 5.74) is 7.68. The van der Waals surface area contributed by atoms with Crippen LogP contribution in [0.15, 0.2) is 78.9 Å². The van der Waals surface area contributed by atoms with Crippen molar-refractivity contribution in [1.29, 1.82) is 0 Å². The van der Waals surface area contributed by atoms with Gasteiger partial charge in [-0.15, -0.1) is 0 Å². The van der Waals surface area contributed by atoms with E-state index < -0.39 is 0 Å². The number of benzene rings is 3. The second-order valence-corrected chi connectivity index (χ2v) is 7.96. The molecule has 0 saturated heterocycles. The van der Waals surface area contributed by atoms with E-state index in [4.69, 9.17) is 0 Å². The van der Waals surface area contributed by atoms with E-state index in [1.807, 2.05) is 0 Å². The van der Waals surface area contributed by atoms with E-state index in [0.29, 0.717) is 17.8 Å². The first-order chi connectivity index (χ1) is 12.8. The van der Waals surface area contributed by atoms with Crippen molar-refractivity contribution in [2.45, 2.75) is 24.8 Å². The lowest BCUT2D eigenvalue weighted by Gasteiger charge is -2.35. The molecule has 3 atom stereocenters. The normalized spacial score (nSPS) is 22.9. The van der Waals surface area contributed by atoms with E-state index in [1.165, 1.54) is 12.0 Å². The number of fused-ring (bicyclic) bond motifs is 7. The van der Waals surface area contributed by atoms with Crippen LogP contribution in [0.5, 0.6) is 0 Å². The minimum Gasteiger partial charge on any atom is -0.302 e. The van der Waals surface area contributed by atoms with Gasteiger partial charge in [-0.1, -0.05) is 78.9 Å². The second-order valence-electron chi connectivity index (χ2n) is 7.96. The van der Waals surface area contributed by atoms with Crippen LogP contribution in [0.3, 0.4) is 0 Å². The lowest BCUT2D eigenvalue weighted by molar-refractivity contribution is 0.234. The van der Waals surface area contributed by atoms with Crippen molar-refractivity contribution < 1.29 is 0 Å². The van der Waals surface area contributed by atoms with Gasteiger partial charge < -0.3 is 4.90 Å². The van der Waals surface area contributed by atoms with Gasteiger partial charge in [-0.05, 0) is 53.1 Å². The van der Waals surface area contributed by atoms with Gasteiger partial charge in [-0.25, -0.2) is 0 Å². The van der Waals surface area contributed by atoms with Gasteiger partial charge in [0.2, 0.25) is 0 Å². The third-order valence-corrected chi connectivity index (χ3v) is 6.32. The molecule has 26 heavy (non-hydrogen) atoms. The molecule has 2 aliphatic rings. The number of rotatable bonds is 4. The van der Waals surface area contributed by atoms with Crippen LogP contribution in [-0.2, 0) is 13.0 Å². The minimum atomic E-state index is 0.555. The van der Waals surface area contributed by atoms with Crippen molar-refractivity contribution in [3.63, 3.8) is 0 Å². The lowest BCUT2D eigenvalue weighted by Crippen LogP contribution is -2.33. The highest BCUT2D eigenvalue weighted by Crippen LogP contribution is 2.55. The molecule has 3 aromatic rings. The molecule has 3 unspecified atom stereocenters. The van der Waals surface area contributed by atoms with Gasteiger partial charge in [0.05, 0.1) is 0 Å². The second kappa shape index (κ2) is 6.41. The van der Waals surface area contributed by atoms with E-state index in [2.05, 4.69) is 90.8 Å². The number of nitrogens with zero attached hydrogens (tertiary/aromatic N) is 1. The summed E-state index contributed by atoms with van der Waals surface area (Å²) in [7, 11) is 2.28. The van der Waals surface area contributed by atoms with Crippen molar-refractivity contribution in [3.05, 3.63) is 107 Å². The Morgan fingerprint density at radius 1 is 0.769 bits per heavy atom. The minimum absolute atomic E-state index is 0.555. The molecular weight excluding hydrogens is 314 g/mol. The molecule has 5 rings (SSSR count). The first-order valence-corrected chi connectivity index (χ1v) is 9.70. The predicted molar refractivity (Wildman–Crippen MR) is 107 cm³/mol. The van der Waals surface area contributed by atoms with Gasteiger partial charge in [-0.2, -0.15) is 0 Å².